The van der Waals surface area contributed by atoms with E-state index in [2.05, 4.69) is 24.5 Å². The fraction of sp³-hybridized carbons (Fsp3) is 0.500. The predicted octanol–water partition coefficient (Wildman–Crippen LogP) is 2.22. The molecule has 0 saturated carbocycles. The topological polar surface area (TPSA) is 84.2 Å². The lowest BCUT2D eigenvalue weighted by atomic mass is 10.0. The first-order valence-electron chi connectivity index (χ1n) is 7.53. The summed E-state index contributed by atoms with van der Waals surface area (Å²) in [6, 6.07) is 5.36. The Hall–Kier alpha value is -1.53. The van der Waals surface area contributed by atoms with E-state index in [1.807, 2.05) is 13.0 Å². The second-order valence-corrected chi connectivity index (χ2v) is 7.38. The number of nitrogens with one attached hydrogen (secondary N) is 2. The van der Waals surface area contributed by atoms with Gasteiger partial charge in [0.1, 0.15) is 0 Å². The lowest BCUT2D eigenvalue weighted by molar-refractivity contribution is -0.115. The van der Waals surface area contributed by atoms with Crippen molar-refractivity contribution < 1.29 is 9.59 Å². The molecule has 1 aliphatic heterocycles. The zero-order valence-corrected chi connectivity index (χ0v) is 14.0. The number of carbonyl (C=O) groups excluding carboxylic acids is 2. The van der Waals surface area contributed by atoms with Gasteiger partial charge in [-0.25, -0.2) is 0 Å². The summed E-state index contributed by atoms with van der Waals surface area (Å²) >= 11 is 1.50. The summed E-state index contributed by atoms with van der Waals surface area (Å²) in [6.45, 7) is 6.48. The van der Waals surface area contributed by atoms with Gasteiger partial charge in [-0.05, 0) is 37.5 Å². The summed E-state index contributed by atoms with van der Waals surface area (Å²) in [4.78, 5) is 25.1. The van der Waals surface area contributed by atoms with Gasteiger partial charge in [0.2, 0.25) is 5.91 Å². The Kier molecular flexibility index (Phi) is 5.47. The van der Waals surface area contributed by atoms with E-state index in [-0.39, 0.29) is 23.1 Å². The van der Waals surface area contributed by atoms with Crippen molar-refractivity contribution in [3.05, 3.63) is 23.8 Å². The molecule has 0 aromatic heterocycles. The highest BCUT2D eigenvalue weighted by Crippen LogP contribution is 2.35. The van der Waals surface area contributed by atoms with Crippen molar-refractivity contribution in [3.8, 4) is 0 Å². The number of thioether (sulfide) groups is 1. The van der Waals surface area contributed by atoms with Crippen molar-refractivity contribution in [1.82, 2.24) is 5.32 Å². The highest BCUT2D eigenvalue weighted by molar-refractivity contribution is 8.00. The van der Waals surface area contributed by atoms with Gasteiger partial charge in [-0.2, -0.15) is 0 Å². The molecule has 1 aliphatic rings. The Morgan fingerprint density at radius 2 is 2.18 bits per heavy atom. The van der Waals surface area contributed by atoms with E-state index >= 15 is 0 Å². The number of anilines is 1. The van der Waals surface area contributed by atoms with Crippen LogP contribution in [-0.2, 0) is 4.79 Å². The van der Waals surface area contributed by atoms with Crippen molar-refractivity contribution in [2.75, 3.05) is 11.9 Å². The lowest BCUT2D eigenvalue weighted by Gasteiger charge is -2.22. The number of nitrogens with two attached hydrogens (primary N) is 1. The molecule has 0 bridgehead atoms. The fourth-order valence-corrected chi connectivity index (χ4v) is 3.33. The number of amides is 2. The van der Waals surface area contributed by atoms with Gasteiger partial charge in [-0.3, -0.25) is 9.59 Å². The normalized spacial score (nSPS) is 18.6. The standard InChI is InChI=1S/C16H23N3O2S/c1-9(2)6-12(8-17)18-16(21)11-4-5-14-13(7-11)19-15(20)10(3)22-14/h4-5,7,9-10,12H,6,8,17H2,1-3H3,(H,18,21)(H,19,20). The van der Waals surface area contributed by atoms with Gasteiger partial charge >= 0.3 is 0 Å². The third kappa shape index (κ3) is 4.01. The van der Waals surface area contributed by atoms with E-state index in [0.717, 1.165) is 11.3 Å². The van der Waals surface area contributed by atoms with Gasteiger partial charge < -0.3 is 16.4 Å². The Morgan fingerprint density at radius 3 is 2.82 bits per heavy atom. The Balaban J connectivity index is 2.11. The quantitative estimate of drug-likeness (QED) is 0.776. The van der Waals surface area contributed by atoms with E-state index in [0.29, 0.717) is 23.7 Å². The molecule has 2 rings (SSSR count). The largest absolute Gasteiger partial charge is 0.348 e. The average molecular weight is 321 g/mol. The van der Waals surface area contributed by atoms with Gasteiger partial charge in [0, 0.05) is 23.0 Å². The van der Waals surface area contributed by atoms with Crippen molar-refractivity contribution in [1.29, 1.82) is 0 Å². The van der Waals surface area contributed by atoms with Crippen LogP contribution in [0.5, 0.6) is 0 Å². The first-order chi connectivity index (χ1) is 10.4. The monoisotopic (exact) mass is 321 g/mol. The van der Waals surface area contributed by atoms with Gasteiger partial charge in [-0.15, -0.1) is 11.8 Å². The van der Waals surface area contributed by atoms with E-state index in [4.69, 9.17) is 5.73 Å². The molecule has 0 saturated heterocycles. The lowest BCUT2D eigenvalue weighted by Crippen LogP contribution is -2.41. The van der Waals surface area contributed by atoms with Gasteiger partial charge in [0.15, 0.2) is 0 Å². The number of hydrogen-bond donors (Lipinski definition) is 3. The van der Waals surface area contributed by atoms with Crippen LogP contribution in [0, 0.1) is 5.92 Å². The van der Waals surface area contributed by atoms with E-state index < -0.39 is 0 Å². The SMILES string of the molecule is CC(C)CC(CN)NC(=O)c1ccc2c(c1)NC(=O)C(C)S2. The number of benzene rings is 1. The number of carbonyl (C=O) groups is 2. The minimum absolute atomic E-state index is 0.0327. The summed E-state index contributed by atoms with van der Waals surface area (Å²) < 4.78 is 0. The molecule has 0 fully saturated rings. The first kappa shape index (κ1) is 16.8. The molecular weight excluding hydrogens is 298 g/mol. The maximum absolute atomic E-state index is 12.3. The van der Waals surface area contributed by atoms with E-state index in [9.17, 15) is 9.59 Å². The second kappa shape index (κ2) is 7.15. The van der Waals surface area contributed by atoms with Crippen molar-refractivity contribution in [2.45, 2.75) is 43.4 Å². The maximum Gasteiger partial charge on any atom is 0.251 e. The highest BCUT2D eigenvalue weighted by Gasteiger charge is 2.24. The summed E-state index contributed by atoms with van der Waals surface area (Å²) in [5.74, 6) is 0.279. The molecule has 0 radical (unpaired) electrons. The van der Waals surface area contributed by atoms with Crippen molar-refractivity contribution >= 4 is 29.3 Å². The molecular formula is C16H23N3O2S. The molecule has 2 unspecified atom stereocenters. The Bertz CT molecular complexity index is 575. The molecule has 1 aromatic carbocycles. The third-order valence-corrected chi connectivity index (χ3v) is 4.73. The van der Waals surface area contributed by atoms with E-state index in [1.165, 1.54) is 11.8 Å². The molecule has 0 spiro atoms. The zero-order valence-electron chi connectivity index (χ0n) is 13.2. The molecule has 6 heteroatoms. The van der Waals surface area contributed by atoms with Crippen LogP contribution in [-0.4, -0.2) is 29.7 Å². The van der Waals surface area contributed by atoms with Crippen LogP contribution in [0.1, 0.15) is 37.6 Å². The predicted molar refractivity (Wildman–Crippen MR) is 90.2 cm³/mol. The van der Waals surface area contributed by atoms with Gasteiger partial charge in [0.05, 0.1) is 10.9 Å². The molecule has 2 amide bonds. The Labute approximate surface area is 135 Å². The first-order valence-corrected chi connectivity index (χ1v) is 8.41. The van der Waals surface area contributed by atoms with Crippen molar-refractivity contribution in [3.63, 3.8) is 0 Å². The smallest absolute Gasteiger partial charge is 0.251 e. The van der Waals surface area contributed by atoms with Crippen LogP contribution in [0.4, 0.5) is 5.69 Å². The molecule has 22 heavy (non-hydrogen) atoms. The minimum Gasteiger partial charge on any atom is -0.348 e. The van der Waals surface area contributed by atoms with E-state index in [1.54, 1.807) is 12.1 Å². The number of fused-ring (bicyclic) bond motifs is 1. The third-order valence-electron chi connectivity index (χ3n) is 3.55. The van der Waals surface area contributed by atoms with Gasteiger partial charge in [-0.1, -0.05) is 13.8 Å². The average Bonchev–Trinajstić information content (AvgIpc) is 2.46. The molecule has 1 aromatic rings. The van der Waals surface area contributed by atoms with Crippen LogP contribution >= 0.6 is 11.8 Å². The molecule has 1 heterocycles. The molecule has 2 atom stereocenters. The molecule has 4 N–H and O–H groups in total. The highest BCUT2D eigenvalue weighted by atomic mass is 32.2. The van der Waals surface area contributed by atoms with Crippen LogP contribution in [0.25, 0.3) is 0 Å². The van der Waals surface area contributed by atoms with Crippen LogP contribution in [0.2, 0.25) is 0 Å². The van der Waals surface area contributed by atoms with Crippen molar-refractivity contribution in [2.24, 2.45) is 11.7 Å². The molecule has 5 nitrogen and oxygen atoms in total. The summed E-state index contributed by atoms with van der Waals surface area (Å²) in [7, 11) is 0. The number of rotatable bonds is 5. The maximum atomic E-state index is 12.3. The van der Waals surface area contributed by atoms with Crippen LogP contribution in [0.3, 0.4) is 0 Å². The summed E-state index contributed by atoms with van der Waals surface area (Å²) in [6.07, 6.45) is 0.845. The zero-order chi connectivity index (χ0) is 16.3. The summed E-state index contributed by atoms with van der Waals surface area (Å²) in [5.41, 5.74) is 6.96. The molecule has 120 valence electrons. The number of hydrogen-bond acceptors (Lipinski definition) is 4. The second-order valence-electron chi connectivity index (χ2n) is 6.00. The van der Waals surface area contributed by atoms with Crippen LogP contribution < -0.4 is 16.4 Å². The summed E-state index contributed by atoms with van der Waals surface area (Å²) in [5, 5.41) is 5.69. The van der Waals surface area contributed by atoms with Gasteiger partial charge in [0.25, 0.3) is 5.91 Å². The minimum atomic E-state index is -0.156. The van der Waals surface area contributed by atoms with Crippen LogP contribution in [0.15, 0.2) is 23.1 Å². The Morgan fingerprint density at radius 1 is 1.45 bits per heavy atom. The molecule has 0 aliphatic carbocycles. The fourth-order valence-electron chi connectivity index (χ4n) is 2.40.